The average Bonchev–Trinajstić information content (AvgIpc) is 2.48. The molecule has 2 nitrogen and oxygen atoms in total. The van der Waals surface area contributed by atoms with Gasteiger partial charge in [-0.25, -0.2) is 0 Å². The van der Waals surface area contributed by atoms with E-state index in [0.29, 0.717) is 6.04 Å². The van der Waals surface area contributed by atoms with Crippen LogP contribution in [0.1, 0.15) is 44.6 Å². The Morgan fingerprint density at radius 1 is 1.20 bits per heavy atom. The fourth-order valence-corrected chi connectivity index (χ4v) is 3.48. The second kappa shape index (κ2) is 7.80. The first-order valence-electron chi connectivity index (χ1n) is 8.13. The number of hydrogen-bond donors (Lipinski definition) is 1. The van der Waals surface area contributed by atoms with E-state index in [2.05, 4.69) is 49.2 Å². The summed E-state index contributed by atoms with van der Waals surface area (Å²) in [7, 11) is 2.17. The van der Waals surface area contributed by atoms with Crippen LogP contribution in [0.15, 0.2) is 30.3 Å². The van der Waals surface area contributed by atoms with Crippen LogP contribution >= 0.6 is 0 Å². The highest BCUT2D eigenvalue weighted by Gasteiger charge is 2.31. The third-order valence-corrected chi connectivity index (χ3v) is 4.75. The molecule has 112 valence electrons. The number of likely N-dealkylation sites (N-methyl/N-ethyl adjacent to an activating group) is 1. The van der Waals surface area contributed by atoms with Crippen LogP contribution in [0.3, 0.4) is 0 Å². The normalized spacial score (nSPS) is 26.9. The predicted octanol–water partition coefficient (Wildman–Crippen LogP) is 3.49. The van der Waals surface area contributed by atoms with Crippen LogP contribution in [0, 0.1) is 5.92 Å². The Balaban J connectivity index is 1.85. The first kappa shape index (κ1) is 15.5. The van der Waals surface area contributed by atoms with E-state index >= 15 is 0 Å². The van der Waals surface area contributed by atoms with Gasteiger partial charge in [0, 0.05) is 12.6 Å². The van der Waals surface area contributed by atoms with Crippen LogP contribution in [-0.4, -0.2) is 35.7 Å². The zero-order valence-corrected chi connectivity index (χ0v) is 13.0. The van der Waals surface area contributed by atoms with Crippen molar-refractivity contribution in [3.8, 4) is 0 Å². The second-order valence-electron chi connectivity index (χ2n) is 6.32. The highest BCUT2D eigenvalue weighted by molar-refractivity contribution is 5.14. The van der Waals surface area contributed by atoms with Gasteiger partial charge in [0.25, 0.3) is 0 Å². The SMILES string of the molecule is CCCC1CCC(O)C(N(C)CCc2ccccc2)C1. The molecule has 0 radical (unpaired) electrons. The molecule has 1 saturated carbocycles. The molecule has 1 aromatic rings. The summed E-state index contributed by atoms with van der Waals surface area (Å²) in [5.41, 5.74) is 1.38. The van der Waals surface area contributed by atoms with Crippen molar-refractivity contribution in [2.24, 2.45) is 5.92 Å². The third kappa shape index (κ3) is 4.32. The van der Waals surface area contributed by atoms with E-state index in [1.165, 1.54) is 31.2 Å². The minimum Gasteiger partial charge on any atom is -0.391 e. The first-order chi connectivity index (χ1) is 9.70. The van der Waals surface area contributed by atoms with E-state index in [0.717, 1.165) is 25.3 Å². The summed E-state index contributed by atoms with van der Waals surface area (Å²) in [6, 6.07) is 11.0. The monoisotopic (exact) mass is 275 g/mol. The van der Waals surface area contributed by atoms with E-state index < -0.39 is 0 Å². The van der Waals surface area contributed by atoms with Gasteiger partial charge in [0.05, 0.1) is 6.10 Å². The zero-order valence-electron chi connectivity index (χ0n) is 13.0. The molecule has 0 bridgehead atoms. The molecule has 3 atom stereocenters. The van der Waals surface area contributed by atoms with Gasteiger partial charge in [0.15, 0.2) is 0 Å². The van der Waals surface area contributed by atoms with Crippen LogP contribution < -0.4 is 0 Å². The smallest absolute Gasteiger partial charge is 0.0695 e. The number of nitrogens with zero attached hydrogens (tertiary/aromatic N) is 1. The number of benzene rings is 1. The number of aliphatic hydroxyl groups is 1. The van der Waals surface area contributed by atoms with Crippen molar-refractivity contribution in [2.45, 2.75) is 57.6 Å². The lowest BCUT2D eigenvalue weighted by atomic mass is 9.81. The van der Waals surface area contributed by atoms with Crippen LogP contribution in [0.25, 0.3) is 0 Å². The van der Waals surface area contributed by atoms with Crippen molar-refractivity contribution in [3.63, 3.8) is 0 Å². The molecular weight excluding hydrogens is 246 g/mol. The van der Waals surface area contributed by atoms with Gasteiger partial charge in [-0.3, -0.25) is 0 Å². The minimum atomic E-state index is -0.135. The summed E-state index contributed by atoms with van der Waals surface area (Å²) in [5, 5.41) is 10.3. The molecule has 1 aromatic carbocycles. The van der Waals surface area contributed by atoms with Gasteiger partial charge >= 0.3 is 0 Å². The summed E-state index contributed by atoms with van der Waals surface area (Å²) >= 11 is 0. The quantitative estimate of drug-likeness (QED) is 0.859. The summed E-state index contributed by atoms with van der Waals surface area (Å²) in [5.74, 6) is 0.813. The van der Waals surface area contributed by atoms with Crippen LogP contribution in [-0.2, 0) is 6.42 Å². The molecule has 2 rings (SSSR count). The lowest BCUT2D eigenvalue weighted by Crippen LogP contribution is -2.46. The molecule has 0 aromatic heterocycles. The highest BCUT2D eigenvalue weighted by atomic mass is 16.3. The van der Waals surface area contributed by atoms with Gasteiger partial charge in [0.1, 0.15) is 0 Å². The molecule has 0 aliphatic heterocycles. The van der Waals surface area contributed by atoms with E-state index in [1.54, 1.807) is 0 Å². The van der Waals surface area contributed by atoms with Gasteiger partial charge in [-0.1, -0.05) is 50.1 Å². The Kier molecular flexibility index (Phi) is 6.06. The van der Waals surface area contributed by atoms with Gasteiger partial charge in [-0.05, 0) is 44.2 Å². The topological polar surface area (TPSA) is 23.5 Å². The second-order valence-corrected chi connectivity index (χ2v) is 6.32. The summed E-state index contributed by atoms with van der Waals surface area (Å²) in [4.78, 5) is 2.37. The fraction of sp³-hybridized carbons (Fsp3) is 0.667. The lowest BCUT2D eigenvalue weighted by molar-refractivity contribution is 0.0132. The van der Waals surface area contributed by atoms with Crippen molar-refractivity contribution >= 4 is 0 Å². The van der Waals surface area contributed by atoms with E-state index in [1.807, 2.05) is 0 Å². The Morgan fingerprint density at radius 2 is 1.95 bits per heavy atom. The van der Waals surface area contributed by atoms with Gasteiger partial charge in [-0.15, -0.1) is 0 Å². The maximum Gasteiger partial charge on any atom is 0.0695 e. The molecule has 2 heteroatoms. The van der Waals surface area contributed by atoms with Crippen molar-refractivity contribution < 1.29 is 5.11 Å². The number of hydrogen-bond acceptors (Lipinski definition) is 2. The van der Waals surface area contributed by atoms with Crippen molar-refractivity contribution in [2.75, 3.05) is 13.6 Å². The van der Waals surface area contributed by atoms with E-state index in [-0.39, 0.29) is 6.10 Å². The standard InChI is InChI=1S/C18H29NO/c1-3-7-16-10-11-18(20)17(14-16)19(2)13-12-15-8-5-4-6-9-15/h4-6,8-9,16-18,20H,3,7,10-14H2,1-2H3. The van der Waals surface area contributed by atoms with E-state index in [9.17, 15) is 5.11 Å². The summed E-state index contributed by atoms with van der Waals surface area (Å²) in [6.45, 7) is 3.30. The molecule has 20 heavy (non-hydrogen) atoms. The molecule has 0 spiro atoms. The maximum atomic E-state index is 10.3. The van der Waals surface area contributed by atoms with Crippen molar-refractivity contribution in [3.05, 3.63) is 35.9 Å². The molecule has 1 aliphatic carbocycles. The third-order valence-electron chi connectivity index (χ3n) is 4.75. The van der Waals surface area contributed by atoms with Crippen LogP contribution in [0.4, 0.5) is 0 Å². The Morgan fingerprint density at radius 3 is 2.65 bits per heavy atom. The van der Waals surface area contributed by atoms with Crippen LogP contribution in [0.5, 0.6) is 0 Å². The first-order valence-corrected chi connectivity index (χ1v) is 8.13. The average molecular weight is 275 g/mol. The molecule has 0 amide bonds. The molecular formula is C18H29NO. The summed E-state index contributed by atoms with van der Waals surface area (Å²) in [6.07, 6.45) is 6.86. The molecule has 3 unspecified atom stereocenters. The highest BCUT2D eigenvalue weighted by Crippen LogP contribution is 2.30. The summed E-state index contributed by atoms with van der Waals surface area (Å²) < 4.78 is 0. The fourth-order valence-electron chi connectivity index (χ4n) is 3.48. The van der Waals surface area contributed by atoms with E-state index in [4.69, 9.17) is 0 Å². The number of rotatable bonds is 6. The van der Waals surface area contributed by atoms with Gasteiger partial charge in [0.2, 0.25) is 0 Å². The predicted molar refractivity (Wildman–Crippen MR) is 84.8 cm³/mol. The van der Waals surface area contributed by atoms with Crippen molar-refractivity contribution in [1.82, 2.24) is 4.90 Å². The van der Waals surface area contributed by atoms with Crippen molar-refractivity contribution in [1.29, 1.82) is 0 Å². The molecule has 1 N–H and O–H groups in total. The molecule has 1 aliphatic rings. The minimum absolute atomic E-state index is 0.135. The largest absolute Gasteiger partial charge is 0.391 e. The Hall–Kier alpha value is -0.860. The molecule has 0 saturated heterocycles. The molecule has 1 fully saturated rings. The van der Waals surface area contributed by atoms with Gasteiger partial charge in [-0.2, -0.15) is 0 Å². The lowest BCUT2D eigenvalue weighted by Gasteiger charge is -2.39. The Bertz CT molecular complexity index is 378. The number of aliphatic hydroxyl groups excluding tert-OH is 1. The zero-order chi connectivity index (χ0) is 14.4. The Labute approximate surface area is 123 Å². The van der Waals surface area contributed by atoms with Gasteiger partial charge < -0.3 is 10.0 Å². The maximum absolute atomic E-state index is 10.3. The van der Waals surface area contributed by atoms with Crippen LogP contribution in [0.2, 0.25) is 0 Å². The molecule has 0 heterocycles.